The van der Waals surface area contributed by atoms with Crippen molar-refractivity contribution in [3.63, 3.8) is 0 Å². The fourth-order valence-corrected chi connectivity index (χ4v) is 2.54. The van der Waals surface area contributed by atoms with Crippen molar-refractivity contribution >= 4 is 17.5 Å². The first-order chi connectivity index (χ1) is 11.8. The number of hydrogen-bond acceptors (Lipinski definition) is 7. The van der Waals surface area contributed by atoms with Crippen LogP contribution in [0.2, 0.25) is 0 Å². The minimum atomic E-state index is -0.0190. The monoisotopic (exact) mass is 322 g/mol. The quantitative estimate of drug-likeness (QED) is 0.742. The smallest absolute Gasteiger partial charge is 0.247 e. The molecule has 1 aliphatic heterocycles. The Morgan fingerprint density at radius 1 is 1.17 bits per heavy atom. The number of aromatic nitrogens is 6. The molecular weight excluding hydrogens is 308 g/mol. The van der Waals surface area contributed by atoms with Crippen LogP contribution in [0, 0.1) is 0 Å². The average Bonchev–Trinajstić information content (AvgIpc) is 3.16. The number of carbonyl (C=O) groups excluding carboxylic acids is 1. The molecule has 4 rings (SSSR count). The molecule has 120 valence electrons. The van der Waals surface area contributed by atoms with Crippen molar-refractivity contribution in [3.8, 4) is 22.8 Å². The highest BCUT2D eigenvalue weighted by Gasteiger charge is 2.25. The van der Waals surface area contributed by atoms with Crippen LogP contribution in [0.25, 0.3) is 22.8 Å². The van der Waals surface area contributed by atoms with E-state index in [1.54, 1.807) is 17.3 Å². The van der Waals surface area contributed by atoms with Crippen LogP contribution in [-0.4, -0.2) is 49.1 Å². The molecule has 1 amide bonds. The Hall–Kier alpha value is -3.36. The number of pyridine rings is 1. The van der Waals surface area contributed by atoms with Gasteiger partial charge in [-0.25, -0.2) is 15.0 Å². The van der Waals surface area contributed by atoms with Crippen LogP contribution in [0.15, 0.2) is 30.9 Å². The van der Waals surface area contributed by atoms with Crippen molar-refractivity contribution in [1.82, 2.24) is 30.1 Å². The van der Waals surface area contributed by atoms with Crippen LogP contribution in [0.1, 0.15) is 6.92 Å². The lowest BCUT2D eigenvalue weighted by atomic mass is 10.2. The van der Waals surface area contributed by atoms with Gasteiger partial charge in [-0.3, -0.25) is 19.8 Å². The number of H-pyrrole nitrogens is 1. The lowest BCUT2D eigenvalue weighted by Gasteiger charge is -2.27. The van der Waals surface area contributed by atoms with Gasteiger partial charge >= 0.3 is 0 Å². The number of carbonyl (C=O) groups is 1. The van der Waals surface area contributed by atoms with Crippen molar-refractivity contribution < 1.29 is 4.79 Å². The Bertz CT molecular complexity index is 875. The van der Waals surface area contributed by atoms with Crippen LogP contribution in [0.4, 0.5) is 11.6 Å². The summed E-state index contributed by atoms with van der Waals surface area (Å²) >= 11 is 0. The number of nitrogens with one attached hydrogen (secondary N) is 2. The summed E-state index contributed by atoms with van der Waals surface area (Å²) in [5, 5.41) is 9.64. The largest absolute Gasteiger partial charge is 0.358 e. The molecule has 9 nitrogen and oxygen atoms in total. The summed E-state index contributed by atoms with van der Waals surface area (Å²) in [5.41, 5.74) is 2.12. The molecule has 0 saturated heterocycles. The number of amides is 1. The molecule has 0 bridgehead atoms. The number of hydrogen-bond donors (Lipinski definition) is 2. The second-order valence-electron chi connectivity index (χ2n) is 5.17. The highest BCUT2D eigenvalue weighted by Crippen LogP contribution is 2.28. The van der Waals surface area contributed by atoms with Crippen molar-refractivity contribution in [3.05, 3.63) is 30.9 Å². The third-order valence-corrected chi connectivity index (χ3v) is 3.74. The lowest BCUT2D eigenvalue weighted by Crippen LogP contribution is -2.40. The first-order valence-corrected chi connectivity index (χ1v) is 7.50. The Kier molecular flexibility index (Phi) is 3.38. The molecule has 0 atom stereocenters. The van der Waals surface area contributed by atoms with E-state index in [0.717, 1.165) is 5.56 Å². The summed E-state index contributed by atoms with van der Waals surface area (Å²) < 4.78 is 0. The number of rotatable bonds is 3. The average molecular weight is 322 g/mol. The zero-order valence-corrected chi connectivity index (χ0v) is 12.9. The van der Waals surface area contributed by atoms with Crippen molar-refractivity contribution in [2.45, 2.75) is 6.92 Å². The molecule has 2 N–H and O–H groups in total. The van der Waals surface area contributed by atoms with E-state index < -0.39 is 0 Å². The third kappa shape index (κ3) is 2.35. The number of nitrogens with zero attached hydrogens (tertiary/aromatic N) is 6. The number of anilines is 2. The van der Waals surface area contributed by atoms with E-state index in [-0.39, 0.29) is 12.5 Å². The fourth-order valence-electron chi connectivity index (χ4n) is 2.54. The molecule has 0 aliphatic carbocycles. The summed E-state index contributed by atoms with van der Waals surface area (Å²) in [5.74, 6) is 1.68. The van der Waals surface area contributed by atoms with Gasteiger partial charge < -0.3 is 5.32 Å². The van der Waals surface area contributed by atoms with E-state index in [1.807, 2.05) is 19.1 Å². The van der Waals surface area contributed by atoms with E-state index in [0.29, 0.717) is 35.4 Å². The molecule has 0 radical (unpaired) electrons. The summed E-state index contributed by atoms with van der Waals surface area (Å²) in [6, 6.07) is 3.70. The summed E-state index contributed by atoms with van der Waals surface area (Å²) in [7, 11) is 0. The minimum absolute atomic E-state index is 0.0190. The van der Waals surface area contributed by atoms with Gasteiger partial charge in [-0.15, -0.1) is 0 Å². The van der Waals surface area contributed by atoms with Gasteiger partial charge in [0, 0.05) is 18.3 Å². The summed E-state index contributed by atoms with van der Waals surface area (Å²) in [4.78, 5) is 31.0. The van der Waals surface area contributed by atoms with Crippen LogP contribution in [-0.2, 0) is 4.79 Å². The molecule has 24 heavy (non-hydrogen) atoms. The van der Waals surface area contributed by atoms with E-state index in [2.05, 4.69) is 35.5 Å². The van der Waals surface area contributed by atoms with Gasteiger partial charge in [0.05, 0.1) is 18.4 Å². The second kappa shape index (κ2) is 5.69. The number of fused-ring (bicyclic) bond motifs is 1. The molecule has 4 heterocycles. The molecule has 3 aromatic heterocycles. The predicted octanol–water partition coefficient (Wildman–Crippen LogP) is 1.10. The fraction of sp³-hybridized carbons (Fsp3) is 0.200. The maximum absolute atomic E-state index is 12.0. The van der Waals surface area contributed by atoms with E-state index in [9.17, 15) is 4.79 Å². The molecule has 0 saturated carbocycles. The SMILES string of the molecule is CCN1C(=O)CNc2ncc(-c3ccc(-c4nc[nH]n4)nc3)nc21. The minimum Gasteiger partial charge on any atom is -0.358 e. The standard InChI is InChI=1S/C15H14N8O/c1-2-23-12(24)7-18-14-15(23)21-11(6-17-14)9-3-4-10(16-5-9)13-19-8-20-22-13/h3-6,8H,2,7H2,1H3,(H,17,18)(H,19,20,22). The van der Waals surface area contributed by atoms with Crippen LogP contribution < -0.4 is 10.2 Å². The molecular formula is C15H14N8O. The Labute approximate surface area is 137 Å². The third-order valence-electron chi connectivity index (χ3n) is 3.74. The van der Waals surface area contributed by atoms with Gasteiger partial charge in [-0.1, -0.05) is 0 Å². The molecule has 0 fully saturated rings. The Balaban J connectivity index is 1.70. The van der Waals surface area contributed by atoms with Crippen molar-refractivity contribution in [2.24, 2.45) is 0 Å². The number of likely N-dealkylation sites (N-methyl/N-ethyl adjacent to an activating group) is 1. The van der Waals surface area contributed by atoms with Gasteiger partial charge in [-0.05, 0) is 19.1 Å². The van der Waals surface area contributed by atoms with Gasteiger partial charge in [0.1, 0.15) is 12.0 Å². The van der Waals surface area contributed by atoms with Crippen LogP contribution >= 0.6 is 0 Å². The zero-order chi connectivity index (χ0) is 16.5. The summed E-state index contributed by atoms with van der Waals surface area (Å²) in [6.07, 6.45) is 4.86. The Morgan fingerprint density at radius 3 is 2.79 bits per heavy atom. The van der Waals surface area contributed by atoms with Crippen molar-refractivity contribution in [2.75, 3.05) is 23.3 Å². The lowest BCUT2D eigenvalue weighted by molar-refractivity contribution is -0.117. The predicted molar refractivity (Wildman–Crippen MR) is 87.2 cm³/mol. The molecule has 9 heteroatoms. The Morgan fingerprint density at radius 2 is 2.08 bits per heavy atom. The first kappa shape index (κ1) is 14.2. The maximum atomic E-state index is 12.0. The van der Waals surface area contributed by atoms with Gasteiger partial charge in [-0.2, -0.15) is 5.10 Å². The second-order valence-corrected chi connectivity index (χ2v) is 5.17. The molecule has 0 spiro atoms. The van der Waals surface area contributed by atoms with Gasteiger partial charge in [0.15, 0.2) is 17.5 Å². The van der Waals surface area contributed by atoms with E-state index >= 15 is 0 Å². The topological polar surface area (TPSA) is 113 Å². The normalized spacial score (nSPS) is 13.5. The highest BCUT2D eigenvalue weighted by atomic mass is 16.2. The maximum Gasteiger partial charge on any atom is 0.247 e. The van der Waals surface area contributed by atoms with Crippen molar-refractivity contribution in [1.29, 1.82) is 0 Å². The number of aromatic amines is 1. The molecule has 0 aromatic carbocycles. The zero-order valence-electron chi connectivity index (χ0n) is 12.9. The van der Waals surface area contributed by atoms with E-state index in [4.69, 9.17) is 0 Å². The van der Waals surface area contributed by atoms with Gasteiger partial charge in [0.25, 0.3) is 0 Å². The van der Waals surface area contributed by atoms with Gasteiger partial charge in [0.2, 0.25) is 5.91 Å². The summed E-state index contributed by atoms with van der Waals surface area (Å²) in [6.45, 7) is 2.70. The van der Waals surface area contributed by atoms with E-state index in [1.165, 1.54) is 6.33 Å². The molecule has 3 aromatic rings. The highest BCUT2D eigenvalue weighted by molar-refractivity contribution is 6.00. The van der Waals surface area contributed by atoms with Crippen LogP contribution in [0.3, 0.4) is 0 Å². The molecule has 0 unspecified atom stereocenters. The molecule has 1 aliphatic rings. The first-order valence-electron chi connectivity index (χ1n) is 7.50. The van der Waals surface area contributed by atoms with Crippen LogP contribution in [0.5, 0.6) is 0 Å².